The van der Waals surface area contributed by atoms with Crippen LogP contribution in [0.3, 0.4) is 0 Å². The van der Waals surface area contributed by atoms with Crippen LogP contribution < -0.4 is 5.32 Å². The minimum Gasteiger partial charge on any atom is -0.481 e. The molecular weight excluding hydrogens is 460 g/mol. The molecule has 1 amide bonds. The van der Waals surface area contributed by atoms with Gasteiger partial charge in [0, 0.05) is 18.7 Å². The predicted octanol–water partition coefficient (Wildman–Crippen LogP) is 6.08. The predicted molar refractivity (Wildman–Crippen MR) is 140 cm³/mol. The molecule has 1 aliphatic rings. The van der Waals surface area contributed by atoms with Crippen LogP contribution in [-0.2, 0) is 22.4 Å². The van der Waals surface area contributed by atoms with Crippen LogP contribution in [0.4, 0.5) is 10.5 Å². The highest BCUT2D eigenvalue weighted by Gasteiger charge is 2.22. The molecule has 0 radical (unpaired) electrons. The Hall–Kier alpha value is -3.16. The Bertz CT molecular complexity index is 1090. The fraction of sp³-hybridized carbons (Fsp3) is 0.357. The number of nitrogens with zero attached hydrogens (tertiary/aromatic N) is 1. The molecule has 4 rings (SSSR count). The second kappa shape index (κ2) is 12.5. The third kappa shape index (κ3) is 7.67. The molecule has 1 saturated heterocycles. The van der Waals surface area contributed by atoms with Crippen LogP contribution in [0, 0.1) is 0 Å². The number of unbranched alkanes of at least 4 members (excludes halogenated alkanes) is 1. The first-order valence-electron chi connectivity index (χ1n) is 12.2. The van der Waals surface area contributed by atoms with Crippen molar-refractivity contribution in [3.8, 4) is 11.1 Å². The van der Waals surface area contributed by atoms with Gasteiger partial charge in [-0.2, -0.15) is 11.3 Å². The molecule has 0 spiro atoms. The number of thiophene rings is 1. The van der Waals surface area contributed by atoms with Gasteiger partial charge in [-0.05, 0) is 78.2 Å². The van der Waals surface area contributed by atoms with E-state index >= 15 is 0 Å². The van der Waals surface area contributed by atoms with Crippen LogP contribution in [0.1, 0.15) is 36.8 Å². The zero-order chi connectivity index (χ0) is 24.5. The topological polar surface area (TPSA) is 78.9 Å². The maximum Gasteiger partial charge on any atom is 0.411 e. The molecule has 0 aliphatic carbocycles. The normalized spacial score (nSPS) is 14.5. The quantitative estimate of drug-likeness (QED) is 0.336. The number of aryl methyl sites for hydroxylation is 1. The lowest BCUT2D eigenvalue weighted by Crippen LogP contribution is -2.38. The Morgan fingerprint density at radius 2 is 1.74 bits per heavy atom. The Morgan fingerprint density at radius 3 is 2.46 bits per heavy atom. The molecule has 0 saturated carbocycles. The summed E-state index contributed by atoms with van der Waals surface area (Å²) < 4.78 is 5.72. The highest BCUT2D eigenvalue weighted by Crippen LogP contribution is 2.29. The molecule has 6 nitrogen and oxygen atoms in total. The number of ether oxygens (including phenoxy) is 1. The first-order valence-corrected chi connectivity index (χ1v) is 13.1. The molecule has 35 heavy (non-hydrogen) atoms. The van der Waals surface area contributed by atoms with Gasteiger partial charge < -0.3 is 14.7 Å². The second-order valence-corrected chi connectivity index (χ2v) is 9.75. The Morgan fingerprint density at radius 1 is 1.00 bits per heavy atom. The van der Waals surface area contributed by atoms with Crippen LogP contribution in [-0.4, -0.2) is 47.8 Å². The number of carbonyl (C=O) groups excluding carboxylic acids is 1. The van der Waals surface area contributed by atoms with Gasteiger partial charge in [-0.3, -0.25) is 10.1 Å². The zero-order valence-corrected chi connectivity index (χ0v) is 20.6. The van der Waals surface area contributed by atoms with Crippen molar-refractivity contribution in [2.45, 2.75) is 44.6 Å². The van der Waals surface area contributed by atoms with Crippen molar-refractivity contribution in [1.29, 1.82) is 0 Å². The number of hydrogen-bond acceptors (Lipinski definition) is 5. The van der Waals surface area contributed by atoms with E-state index < -0.39 is 5.97 Å². The van der Waals surface area contributed by atoms with Crippen molar-refractivity contribution in [2.75, 3.05) is 25.0 Å². The third-order valence-electron chi connectivity index (χ3n) is 6.37. The average molecular weight is 493 g/mol. The van der Waals surface area contributed by atoms with Crippen LogP contribution in [0.15, 0.2) is 65.4 Å². The Balaban J connectivity index is 1.13. The summed E-state index contributed by atoms with van der Waals surface area (Å²) in [6.07, 6.45) is 4.55. The van der Waals surface area contributed by atoms with Crippen molar-refractivity contribution in [2.24, 2.45) is 0 Å². The van der Waals surface area contributed by atoms with E-state index in [1.165, 1.54) is 5.56 Å². The summed E-state index contributed by atoms with van der Waals surface area (Å²) in [5.74, 6) is -0.799. The number of nitrogens with one attached hydrogen (secondary N) is 1. The number of likely N-dealkylation sites (tertiary alicyclic amines) is 1. The molecule has 1 aliphatic heterocycles. The molecule has 0 atom stereocenters. The number of benzene rings is 2. The van der Waals surface area contributed by atoms with Gasteiger partial charge in [-0.15, -0.1) is 0 Å². The number of carboxylic acid groups (broad SMARTS) is 1. The molecule has 2 aromatic carbocycles. The lowest BCUT2D eigenvalue weighted by molar-refractivity contribution is -0.136. The van der Waals surface area contributed by atoms with Crippen molar-refractivity contribution in [3.05, 3.63) is 76.5 Å². The number of para-hydroxylation sites is 1. The number of aliphatic carboxylic acids is 1. The van der Waals surface area contributed by atoms with E-state index in [-0.39, 0.29) is 18.6 Å². The summed E-state index contributed by atoms with van der Waals surface area (Å²) in [5, 5.41) is 15.9. The number of hydrogen-bond donors (Lipinski definition) is 2. The maximum atomic E-state index is 12.5. The molecule has 1 fully saturated rings. The Kier molecular flexibility index (Phi) is 8.92. The summed E-state index contributed by atoms with van der Waals surface area (Å²) >= 11 is 1.63. The third-order valence-corrected chi connectivity index (χ3v) is 7.06. The van der Waals surface area contributed by atoms with Crippen LogP contribution in [0.2, 0.25) is 0 Å². The van der Waals surface area contributed by atoms with Gasteiger partial charge >= 0.3 is 12.1 Å². The maximum absolute atomic E-state index is 12.5. The SMILES string of the molecule is O=C(O)Cc1ccc(CCCCN2CCC(OC(=O)Nc3ccccc3-c3ccsc3)CC2)cc1. The van der Waals surface area contributed by atoms with Crippen molar-refractivity contribution in [3.63, 3.8) is 0 Å². The zero-order valence-electron chi connectivity index (χ0n) is 19.8. The van der Waals surface area contributed by atoms with E-state index in [1.807, 2.05) is 60.0 Å². The van der Waals surface area contributed by atoms with Crippen LogP contribution >= 0.6 is 11.3 Å². The lowest BCUT2D eigenvalue weighted by atomic mass is 10.0. The van der Waals surface area contributed by atoms with Crippen molar-refractivity contribution in [1.82, 2.24) is 4.90 Å². The number of anilines is 1. The van der Waals surface area contributed by atoms with Crippen LogP contribution in [0.5, 0.6) is 0 Å². The molecule has 184 valence electrons. The lowest BCUT2D eigenvalue weighted by Gasteiger charge is -2.31. The number of rotatable bonds is 10. The smallest absolute Gasteiger partial charge is 0.411 e. The summed E-state index contributed by atoms with van der Waals surface area (Å²) in [5.41, 5.74) is 4.94. The first kappa shape index (κ1) is 24.9. The highest BCUT2D eigenvalue weighted by atomic mass is 32.1. The van der Waals surface area contributed by atoms with Gasteiger partial charge in [0.25, 0.3) is 0 Å². The largest absolute Gasteiger partial charge is 0.481 e. The molecule has 0 bridgehead atoms. The van der Waals surface area contributed by atoms with Gasteiger partial charge in [0.15, 0.2) is 0 Å². The minimum atomic E-state index is -0.799. The number of amides is 1. The van der Waals surface area contributed by atoms with Crippen molar-refractivity contribution < 1.29 is 19.4 Å². The van der Waals surface area contributed by atoms with Crippen molar-refractivity contribution >= 4 is 29.1 Å². The molecule has 2 N–H and O–H groups in total. The number of carbonyl (C=O) groups is 2. The monoisotopic (exact) mass is 492 g/mol. The van der Waals surface area contributed by atoms with E-state index in [0.717, 1.165) is 74.1 Å². The molecule has 1 aromatic heterocycles. The highest BCUT2D eigenvalue weighted by molar-refractivity contribution is 7.08. The fourth-order valence-corrected chi connectivity index (χ4v) is 5.12. The summed E-state index contributed by atoms with van der Waals surface area (Å²) in [4.78, 5) is 25.8. The summed E-state index contributed by atoms with van der Waals surface area (Å²) in [6, 6.07) is 17.7. The van der Waals surface area contributed by atoms with E-state index in [4.69, 9.17) is 9.84 Å². The fourth-order valence-electron chi connectivity index (χ4n) is 4.47. The summed E-state index contributed by atoms with van der Waals surface area (Å²) in [7, 11) is 0. The standard InChI is InChI=1S/C28H32N2O4S/c31-27(32)19-22-10-8-21(9-11-22)5-3-4-15-30-16-12-24(13-17-30)34-28(33)29-26-7-2-1-6-25(26)23-14-18-35-20-23/h1-2,6-11,14,18,20,24H,3-5,12-13,15-17,19H2,(H,29,33)(H,31,32). The van der Waals surface area contributed by atoms with Gasteiger partial charge in [-0.1, -0.05) is 42.5 Å². The van der Waals surface area contributed by atoms with E-state index in [1.54, 1.807) is 11.3 Å². The number of carboxylic acids is 1. The molecule has 0 unspecified atom stereocenters. The Labute approximate surface area is 210 Å². The molecule has 3 aromatic rings. The second-order valence-electron chi connectivity index (χ2n) is 8.97. The van der Waals surface area contributed by atoms with E-state index in [0.29, 0.717) is 0 Å². The molecule has 2 heterocycles. The average Bonchev–Trinajstić information content (AvgIpc) is 3.39. The summed E-state index contributed by atoms with van der Waals surface area (Å²) in [6.45, 7) is 2.92. The van der Waals surface area contributed by atoms with Crippen LogP contribution in [0.25, 0.3) is 11.1 Å². The van der Waals surface area contributed by atoms with Gasteiger partial charge in [0.05, 0.1) is 12.1 Å². The first-order chi connectivity index (χ1) is 17.1. The van der Waals surface area contributed by atoms with E-state index in [2.05, 4.69) is 15.6 Å². The number of piperidine rings is 1. The van der Waals surface area contributed by atoms with E-state index in [9.17, 15) is 9.59 Å². The van der Waals surface area contributed by atoms with Gasteiger partial charge in [0.1, 0.15) is 6.10 Å². The molecule has 7 heteroatoms. The van der Waals surface area contributed by atoms with Gasteiger partial charge in [-0.25, -0.2) is 4.79 Å². The molecular formula is C28H32N2O4S. The minimum absolute atomic E-state index is 0.0520. The van der Waals surface area contributed by atoms with Gasteiger partial charge in [0.2, 0.25) is 0 Å².